The summed E-state index contributed by atoms with van der Waals surface area (Å²) in [6.45, 7) is 8.75. The number of amides is 3. The molecule has 154 valence electrons. The molecule has 0 unspecified atom stereocenters. The molecule has 2 rings (SSSR count). The van der Waals surface area contributed by atoms with Crippen LogP contribution in [0.5, 0.6) is 0 Å². The van der Waals surface area contributed by atoms with Gasteiger partial charge >= 0.3 is 6.09 Å². The quantitative estimate of drug-likeness (QED) is 0.811. The summed E-state index contributed by atoms with van der Waals surface area (Å²) in [6.07, 6.45) is 2.63. The highest BCUT2D eigenvalue weighted by Crippen LogP contribution is 2.14. The fourth-order valence-corrected chi connectivity index (χ4v) is 2.99. The van der Waals surface area contributed by atoms with Crippen molar-refractivity contribution in [1.82, 2.24) is 15.5 Å². The van der Waals surface area contributed by atoms with Crippen LogP contribution < -0.4 is 10.6 Å². The van der Waals surface area contributed by atoms with Crippen LogP contribution in [-0.4, -0.2) is 47.5 Å². The molecule has 0 spiro atoms. The minimum absolute atomic E-state index is 0.0350. The molecule has 7 heteroatoms. The summed E-state index contributed by atoms with van der Waals surface area (Å²) in [6, 6.07) is 6.56. The average molecular weight is 389 g/mol. The number of likely N-dealkylation sites (tertiary alicyclic amines) is 1. The summed E-state index contributed by atoms with van der Waals surface area (Å²) in [7, 11) is 0. The Hall–Kier alpha value is -2.57. The van der Waals surface area contributed by atoms with E-state index in [0.29, 0.717) is 5.56 Å². The van der Waals surface area contributed by atoms with Gasteiger partial charge in [-0.3, -0.25) is 9.59 Å². The first-order chi connectivity index (χ1) is 13.2. The summed E-state index contributed by atoms with van der Waals surface area (Å²) in [4.78, 5) is 38.5. The molecule has 28 heavy (non-hydrogen) atoms. The minimum Gasteiger partial charge on any atom is -0.444 e. The van der Waals surface area contributed by atoms with Crippen molar-refractivity contribution in [2.24, 2.45) is 0 Å². The van der Waals surface area contributed by atoms with Crippen molar-refractivity contribution in [3.05, 3.63) is 35.4 Å². The average Bonchev–Trinajstić information content (AvgIpc) is 2.64. The summed E-state index contributed by atoms with van der Waals surface area (Å²) >= 11 is 0. The van der Waals surface area contributed by atoms with Crippen LogP contribution in [0.4, 0.5) is 4.79 Å². The fourth-order valence-electron chi connectivity index (χ4n) is 2.99. The van der Waals surface area contributed by atoms with E-state index in [1.807, 2.05) is 23.1 Å². The van der Waals surface area contributed by atoms with E-state index in [2.05, 4.69) is 10.6 Å². The van der Waals surface area contributed by atoms with Gasteiger partial charge in [0.25, 0.3) is 5.91 Å². The normalized spacial score (nSPS) is 15.5. The molecular formula is C21H31N3O4. The maximum absolute atomic E-state index is 12.6. The monoisotopic (exact) mass is 389 g/mol. The van der Waals surface area contributed by atoms with Crippen molar-refractivity contribution in [3.63, 3.8) is 0 Å². The van der Waals surface area contributed by atoms with Gasteiger partial charge in [-0.1, -0.05) is 12.1 Å². The lowest BCUT2D eigenvalue weighted by Gasteiger charge is -2.26. The van der Waals surface area contributed by atoms with Crippen LogP contribution >= 0.6 is 0 Å². The molecule has 0 bridgehead atoms. The van der Waals surface area contributed by atoms with Crippen LogP contribution in [0.15, 0.2) is 24.3 Å². The number of nitrogens with zero attached hydrogens (tertiary/aromatic N) is 1. The van der Waals surface area contributed by atoms with E-state index in [4.69, 9.17) is 4.74 Å². The number of benzene rings is 1. The third-order valence-corrected chi connectivity index (χ3v) is 4.41. The van der Waals surface area contributed by atoms with Crippen molar-refractivity contribution >= 4 is 17.9 Å². The maximum atomic E-state index is 12.6. The number of hydrogen-bond donors (Lipinski definition) is 2. The fraction of sp³-hybridized carbons (Fsp3) is 0.571. The first-order valence-corrected chi connectivity index (χ1v) is 9.81. The van der Waals surface area contributed by atoms with Crippen molar-refractivity contribution in [1.29, 1.82) is 0 Å². The lowest BCUT2D eigenvalue weighted by molar-refractivity contribution is -0.122. The van der Waals surface area contributed by atoms with Crippen LogP contribution in [0.25, 0.3) is 0 Å². The number of carbonyl (C=O) groups excluding carboxylic acids is 3. The van der Waals surface area contributed by atoms with Crippen molar-refractivity contribution in [3.8, 4) is 0 Å². The molecule has 0 aromatic heterocycles. The molecule has 0 aliphatic carbocycles. The highest BCUT2D eigenvalue weighted by atomic mass is 16.6. The Morgan fingerprint density at radius 1 is 1.14 bits per heavy atom. The standard InChI is InChI=1S/C21H31N3O4/c1-15(23-20(27)28-21(2,3)4)18(25)22-14-16-9-8-10-17(13-16)19(26)24-11-6-5-7-12-24/h8-10,13,15H,5-7,11-12,14H2,1-4H3,(H,22,25)(H,23,27)/t15-/m1/s1. The molecule has 0 saturated carbocycles. The zero-order chi connectivity index (χ0) is 20.7. The minimum atomic E-state index is -0.729. The van der Waals surface area contributed by atoms with E-state index >= 15 is 0 Å². The molecule has 2 N–H and O–H groups in total. The molecule has 1 saturated heterocycles. The number of alkyl carbamates (subject to hydrolysis) is 1. The van der Waals surface area contributed by atoms with E-state index < -0.39 is 17.7 Å². The number of nitrogens with one attached hydrogen (secondary N) is 2. The zero-order valence-electron chi connectivity index (χ0n) is 17.2. The lowest BCUT2D eigenvalue weighted by Crippen LogP contribution is -2.46. The first-order valence-electron chi connectivity index (χ1n) is 9.81. The number of hydrogen-bond acceptors (Lipinski definition) is 4. The maximum Gasteiger partial charge on any atom is 0.408 e. The van der Waals surface area contributed by atoms with Gasteiger partial charge < -0.3 is 20.3 Å². The highest BCUT2D eigenvalue weighted by Gasteiger charge is 2.21. The van der Waals surface area contributed by atoms with Crippen LogP contribution in [0.3, 0.4) is 0 Å². The number of rotatable bonds is 5. The van der Waals surface area contributed by atoms with E-state index in [0.717, 1.165) is 31.5 Å². The Bertz CT molecular complexity index is 706. The molecule has 1 aromatic rings. The van der Waals surface area contributed by atoms with Gasteiger partial charge in [-0.15, -0.1) is 0 Å². The van der Waals surface area contributed by atoms with E-state index in [1.165, 1.54) is 6.42 Å². The predicted molar refractivity (Wildman–Crippen MR) is 107 cm³/mol. The van der Waals surface area contributed by atoms with Crippen LogP contribution in [0.2, 0.25) is 0 Å². The number of ether oxygens (including phenoxy) is 1. The summed E-state index contributed by atoms with van der Waals surface area (Å²) in [5.74, 6) is -0.286. The smallest absolute Gasteiger partial charge is 0.408 e. The van der Waals surface area contributed by atoms with Gasteiger partial charge in [-0.05, 0) is 64.7 Å². The molecule has 3 amide bonds. The first kappa shape index (κ1) is 21.7. The SMILES string of the molecule is C[C@@H](NC(=O)OC(C)(C)C)C(=O)NCc1cccc(C(=O)N2CCCCC2)c1. The Balaban J connectivity index is 1.87. The second-order valence-electron chi connectivity index (χ2n) is 8.14. The molecule has 1 heterocycles. The lowest BCUT2D eigenvalue weighted by atomic mass is 10.1. The molecule has 0 radical (unpaired) electrons. The number of carbonyl (C=O) groups is 3. The molecule has 1 aliphatic rings. The second-order valence-corrected chi connectivity index (χ2v) is 8.14. The molecule has 1 aromatic carbocycles. The van der Waals surface area contributed by atoms with Gasteiger partial charge in [0.15, 0.2) is 0 Å². The molecule has 7 nitrogen and oxygen atoms in total. The largest absolute Gasteiger partial charge is 0.444 e. The Morgan fingerprint density at radius 3 is 2.46 bits per heavy atom. The molecule has 1 atom stereocenters. The van der Waals surface area contributed by atoms with Gasteiger partial charge in [0.2, 0.25) is 5.91 Å². The third kappa shape index (κ3) is 6.87. The Labute approximate surface area is 166 Å². The number of piperidine rings is 1. The molecule has 1 fully saturated rings. The Kier molecular flexibility index (Phi) is 7.43. The molecular weight excluding hydrogens is 358 g/mol. The second kappa shape index (κ2) is 9.57. The van der Waals surface area contributed by atoms with Crippen LogP contribution in [-0.2, 0) is 16.1 Å². The predicted octanol–water partition coefficient (Wildman–Crippen LogP) is 2.84. The Morgan fingerprint density at radius 2 is 1.82 bits per heavy atom. The van der Waals surface area contributed by atoms with Crippen molar-refractivity contribution in [2.45, 2.75) is 65.1 Å². The van der Waals surface area contributed by atoms with Crippen LogP contribution in [0, 0.1) is 0 Å². The third-order valence-electron chi connectivity index (χ3n) is 4.41. The van der Waals surface area contributed by atoms with Gasteiger partial charge in [0.05, 0.1) is 0 Å². The van der Waals surface area contributed by atoms with Gasteiger partial charge in [0.1, 0.15) is 11.6 Å². The van der Waals surface area contributed by atoms with Gasteiger partial charge in [-0.25, -0.2) is 4.79 Å². The van der Waals surface area contributed by atoms with Gasteiger partial charge in [-0.2, -0.15) is 0 Å². The summed E-state index contributed by atoms with van der Waals surface area (Å²) < 4.78 is 5.15. The van der Waals surface area contributed by atoms with Gasteiger partial charge in [0, 0.05) is 25.2 Å². The molecule has 1 aliphatic heterocycles. The van der Waals surface area contributed by atoms with E-state index in [9.17, 15) is 14.4 Å². The summed E-state index contributed by atoms with van der Waals surface area (Å²) in [5, 5.41) is 5.29. The zero-order valence-corrected chi connectivity index (χ0v) is 17.2. The van der Waals surface area contributed by atoms with Crippen LogP contribution in [0.1, 0.15) is 62.9 Å². The highest BCUT2D eigenvalue weighted by molar-refractivity contribution is 5.94. The summed E-state index contributed by atoms with van der Waals surface area (Å²) in [5.41, 5.74) is 0.844. The van der Waals surface area contributed by atoms with Crippen molar-refractivity contribution < 1.29 is 19.1 Å². The topological polar surface area (TPSA) is 87.7 Å². The van der Waals surface area contributed by atoms with E-state index in [-0.39, 0.29) is 18.4 Å². The van der Waals surface area contributed by atoms with Crippen molar-refractivity contribution in [2.75, 3.05) is 13.1 Å². The van der Waals surface area contributed by atoms with E-state index in [1.54, 1.807) is 33.8 Å².